The van der Waals surface area contributed by atoms with Crippen molar-refractivity contribution < 1.29 is 9.59 Å². The Kier molecular flexibility index (Phi) is 4.58. The highest BCUT2D eigenvalue weighted by Gasteiger charge is 2.19. The topological polar surface area (TPSA) is 88.4 Å². The van der Waals surface area contributed by atoms with Crippen LogP contribution in [0.4, 0.5) is 4.79 Å². The maximum Gasteiger partial charge on any atom is 0.321 e. The molecule has 7 nitrogen and oxygen atoms in total. The van der Waals surface area contributed by atoms with Crippen LogP contribution in [0.5, 0.6) is 0 Å². The Balaban J connectivity index is 1.38. The molecule has 0 atom stereocenters. The molecule has 4 rings (SSSR count). The summed E-state index contributed by atoms with van der Waals surface area (Å²) < 4.78 is 3.06. The van der Waals surface area contributed by atoms with Crippen LogP contribution in [0.1, 0.15) is 25.7 Å². The largest absolute Gasteiger partial charge is 0.335 e. The third-order valence-corrected chi connectivity index (χ3v) is 6.13. The van der Waals surface area contributed by atoms with E-state index in [4.69, 9.17) is 0 Å². The standard InChI is InChI=1S/C16H17N5O2S2/c22-13(18-14(23)17-10-5-1-2-6-10)9-24-15-19-20-16-21(15)11-7-3-4-8-12(11)25-16/h3-4,7-8,10H,1-2,5-6,9H2,(H2,17,18,22,23). The van der Waals surface area contributed by atoms with Gasteiger partial charge in [0.2, 0.25) is 10.9 Å². The summed E-state index contributed by atoms with van der Waals surface area (Å²) >= 11 is 2.83. The maximum absolute atomic E-state index is 12.0. The highest BCUT2D eigenvalue weighted by atomic mass is 32.2. The molecule has 3 aromatic rings. The molecule has 1 aliphatic carbocycles. The van der Waals surface area contributed by atoms with E-state index in [0.29, 0.717) is 5.16 Å². The van der Waals surface area contributed by atoms with E-state index in [1.165, 1.54) is 11.8 Å². The molecule has 2 N–H and O–H groups in total. The molecule has 0 aliphatic heterocycles. The number of para-hydroxylation sites is 1. The van der Waals surface area contributed by atoms with Crippen LogP contribution in [0.25, 0.3) is 15.2 Å². The molecule has 1 aliphatic rings. The summed E-state index contributed by atoms with van der Waals surface area (Å²) in [5.74, 6) is -0.222. The van der Waals surface area contributed by atoms with Gasteiger partial charge in [0.1, 0.15) is 0 Å². The second kappa shape index (κ2) is 7.01. The van der Waals surface area contributed by atoms with Crippen molar-refractivity contribution in [2.45, 2.75) is 36.9 Å². The third-order valence-electron chi connectivity index (χ3n) is 4.19. The quantitative estimate of drug-likeness (QED) is 0.685. The molecule has 3 amide bonds. The van der Waals surface area contributed by atoms with Gasteiger partial charge in [-0.15, -0.1) is 10.2 Å². The van der Waals surface area contributed by atoms with Gasteiger partial charge in [-0.3, -0.25) is 14.5 Å². The number of nitrogens with zero attached hydrogens (tertiary/aromatic N) is 3. The lowest BCUT2D eigenvalue weighted by atomic mass is 10.2. The van der Waals surface area contributed by atoms with Crippen molar-refractivity contribution in [3.8, 4) is 0 Å². The van der Waals surface area contributed by atoms with Gasteiger partial charge in [-0.25, -0.2) is 4.79 Å². The molecular formula is C16H17N5O2S2. The number of thiazole rings is 1. The summed E-state index contributed by atoms with van der Waals surface area (Å²) in [4.78, 5) is 24.6. The Hall–Kier alpha value is -2.13. The number of hydrogen-bond acceptors (Lipinski definition) is 6. The molecule has 9 heteroatoms. The number of urea groups is 1. The van der Waals surface area contributed by atoms with Gasteiger partial charge in [0.05, 0.1) is 16.0 Å². The first kappa shape index (κ1) is 16.3. The molecule has 0 saturated heterocycles. The number of hydrogen-bond donors (Lipinski definition) is 2. The van der Waals surface area contributed by atoms with Crippen molar-refractivity contribution in [1.29, 1.82) is 0 Å². The van der Waals surface area contributed by atoms with Crippen molar-refractivity contribution in [3.05, 3.63) is 24.3 Å². The van der Waals surface area contributed by atoms with Crippen LogP contribution >= 0.6 is 23.1 Å². The molecule has 2 heterocycles. The number of fused-ring (bicyclic) bond motifs is 3. The van der Waals surface area contributed by atoms with E-state index in [0.717, 1.165) is 40.9 Å². The summed E-state index contributed by atoms with van der Waals surface area (Å²) in [6, 6.07) is 7.75. The Morgan fingerprint density at radius 1 is 1.24 bits per heavy atom. The fraction of sp³-hybridized carbons (Fsp3) is 0.375. The molecule has 25 heavy (non-hydrogen) atoms. The molecule has 0 unspecified atom stereocenters. The van der Waals surface area contributed by atoms with E-state index in [1.807, 2.05) is 28.7 Å². The zero-order valence-corrected chi connectivity index (χ0v) is 15.0. The Morgan fingerprint density at radius 3 is 2.88 bits per heavy atom. The normalized spacial score (nSPS) is 15.0. The first-order chi connectivity index (χ1) is 12.2. The fourth-order valence-corrected chi connectivity index (χ4v) is 4.80. The van der Waals surface area contributed by atoms with Crippen molar-refractivity contribution >= 4 is 50.2 Å². The SMILES string of the molecule is O=C(CSc1nnc2sc3ccccc3n12)NC(=O)NC1CCCC1. The first-order valence-corrected chi connectivity index (χ1v) is 9.97. The molecule has 0 radical (unpaired) electrons. The summed E-state index contributed by atoms with van der Waals surface area (Å²) in [6.07, 6.45) is 4.23. The van der Waals surface area contributed by atoms with Gasteiger partial charge < -0.3 is 5.32 Å². The van der Waals surface area contributed by atoms with Crippen molar-refractivity contribution in [2.75, 3.05) is 5.75 Å². The smallest absolute Gasteiger partial charge is 0.321 e. The Bertz CT molecular complexity index is 929. The summed E-state index contributed by atoms with van der Waals surface area (Å²) in [5, 5.41) is 14.2. The van der Waals surface area contributed by atoms with Crippen LogP contribution in [0.3, 0.4) is 0 Å². The molecule has 0 bridgehead atoms. The van der Waals surface area contributed by atoms with Gasteiger partial charge in [0.25, 0.3) is 0 Å². The number of nitrogens with one attached hydrogen (secondary N) is 2. The fourth-order valence-electron chi connectivity index (χ4n) is 3.03. The number of thioether (sulfide) groups is 1. The molecule has 130 valence electrons. The lowest BCUT2D eigenvalue weighted by molar-refractivity contribution is -0.117. The van der Waals surface area contributed by atoms with E-state index < -0.39 is 6.03 Å². The van der Waals surface area contributed by atoms with Gasteiger partial charge in [-0.05, 0) is 25.0 Å². The van der Waals surface area contributed by atoms with Crippen molar-refractivity contribution in [2.24, 2.45) is 0 Å². The highest BCUT2D eigenvalue weighted by Crippen LogP contribution is 2.29. The predicted octanol–water partition coefficient (Wildman–Crippen LogP) is 2.80. The average Bonchev–Trinajstić information content (AvgIpc) is 3.29. The van der Waals surface area contributed by atoms with Crippen LogP contribution in [0.15, 0.2) is 29.4 Å². The molecule has 1 fully saturated rings. The predicted molar refractivity (Wildman–Crippen MR) is 98.0 cm³/mol. The number of carbonyl (C=O) groups excluding carboxylic acids is 2. The number of rotatable bonds is 4. The van der Waals surface area contributed by atoms with Crippen LogP contribution in [0, 0.1) is 0 Å². The van der Waals surface area contributed by atoms with Crippen LogP contribution in [0.2, 0.25) is 0 Å². The van der Waals surface area contributed by atoms with Crippen molar-refractivity contribution in [3.63, 3.8) is 0 Å². The Labute approximate surface area is 152 Å². The second-order valence-electron chi connectivity index (χ2n) is 5.96. The van der Waals surface area contributed by atoms with Gasteiger partial charge in [-0.1, -0.05) is 48.1 Å². The number of benzene rings is 1. The third kappa shape index (κ3) is 3.47. The minimum absolute atomic E-state index is 0.114. The zero-order valence-electron chi connectivity index (χ0n) is 13.4. The highest BCUT2D eigenvalue weighted by molar-refractivity contribution is 7.99. The molecule has 2 aromatic heterocycles. The second-order valence-corrected chi connectivity index (χ2v) is 7.91. The number of aromatic nitrogens is 3. The molecule has 1 saturated carbocycles. The van der Waals surface area contributed by atoms with Crippen LogP contribution < -0.4 is 10.6 Å². The van der Waals surface area contributed by atoms with Gasteiger partial charge in [0, 0.05) is 6.04 Å². The van der Waals surface area contributed by atoms with E-state index in [1.54, 1.807) is 11.3 Å². The van der Waals surface area contributed by atoms with Crippen LogP contribution in [-0.4, -0.2) is 38.3 Å². The summed E-state index contributed by atoms with van der Waals surface area (Å²) in [7, 11) is 0. The lowest BCUT2D eigenvalue weighted by Crippen LogP contribution is -2.44. The summed E-state index contributed by atoms with van der Waals surface area (Å²) in [5.41, 5.74) is 1.02. The van der Waals surface area contributed by atoms with Gasteiger partial charge in [-0.2, -0.15) is 0 Å². The number of carbonyl (C=O) groups is 2. The monoisotopic (exact) mass is 375 g/mol. The average molecular weight is 375 g/mol. The van der Waals surface area contributed by atoms with Crippen LogP contribution in [-0.2, 0) is 4.79 Å². The molecular weight excluding hydrogens is 358 g/mol. The van der Waals surface area contributed by atoms with E-state index in [2.05, 4.69) is 20.8 Å². The van der Waals surface area contributed by atoms with Crippen molar-refractivity contribution in [1.82, 2.24) is 25.2 Å². The Morgan fingerprint density at radius 2 is 2.04 bits per heavy atom. The summed E-state index contributed by atoms with van der Waals surface area (Å²) in [6.45, 7) is 0. The first-order valence-electron chi connectivity index (χ1n) is 8.16. The minimum atomic E-state index is -0.412. The van der Waals surface area contributed by atoms with Gasteiger partial charge in [0.15, 0.2) is 5.16 Å². The molecule has 0 spiro atoms. The minimum Gasteiger partial charge on any atom is -0.335 e. The number of imide groups is 1. The zero-order chi connectivity index (χ0) is 17.2. The molecule has 1 aromatic carbocycles. The van der Waals surface area contributed by atoms with E-state index in [-0.39, 0.29) is 17.7 Å². The van der Waals surface area contributed by atoms with Gasteiger partial charge >= 0.3 is 6.03 Å². The van der Waals surface area contributed by atoms with E-state index >= 15 is 0 Å². The van der Waals surface area contributed by atoms with E-state index in [9.17, 15) is 9.59 Å². The number of amides is 3. The lowest BCUT2D eigenvalue weighted by Gasteiger charge is -2.11. The maximum atomic E-state index is 12.0.